The molecule has 2 aromatic carbocycles. The van der Waals surface area contributed by atoms with E-state index >= 15 is 0 Å². The van der Waals surface area contributed by atoms with Crippen LogP contribution in [0.4, 0.5) is 5.69 Å². The molecular weight excluding hydrogens is 438 g/mol. The zero-order valence-corrected chi connectivity index (χ0v) is 20.0. The first-order chi connectivity index (χ1) is 15.6. The van der Waals surface area contributed by atoms with Crippen LogP contribution in [0.2, 0.25) is 0 Å². The molecule has 0 radical (unpaired) electrons. The number of carbonyl (C=O) groups excluding carboxylic acids is 2. The monoisotopic (exact) mass is 467 g/mol. The maximum absolute atomic E-state index is 13.0. The van der Waals surface area contributed by atoms with E-state index in [0.717, 1.165) is 46.0 Å². The molecule has 32 heavy (non-hydrogen) atoms. The summed E-state index contributed by atoms with van der Waals surface area (Å²) in [4.78, 5) is 30.6. The third-order valence-electron chi connectivity index (χ3n) is 5.71. The van der Waals surface area contributed by atoms with Crippen LogP contribution in [0.15, 0.2) is 46.8 Å². The number of hydrogen-bond donors (Lipinski definition) is 2. The van der Waals surface area contributed by atoms with Gasteiger partial charge in [0.05, 0.1) is 21.3 Å². The Morgan fingerprint density at radius 1 is 1.06 bits per heavy atom. The highest BCUT2D eigenvalue weighted by Gasteiger charge is 2.21. The summed E-state index contributed by atoms with van der Waals surface area (Å²) in [5.74, 6) is 0.620. The fourth-order valence-corrected chi connectivity index (χ4v) is 6.20. The van der Waals surface area contributed by atoms with Crippen LogP contribution < -0.4 is 10.6 Å². The summed E-state index contributed by atoms with van der Waals surface area (Å²) in [5.41, 5.74) is 2.46. The molecule has 0 spiro atoms. The number of anilines is 1. The molecule has 1 aromatic heterocycles. The summed E-state index contributed by atoms with van der Waals surface area (Å²) < 4.78 is 2.10. The zero-order valence-electron chi connectivity index (χ0n) is 18.4. The molecule has 1 aliphatic carbocycles. The molecule has 5 nitrogen and oxygen atoms in total. The average Bonchev–Trinajstić information content (AvgIpc) is 3.22. The van der Waals surface area contributed by atoms with Gasteiger partial charge in [-0.15, -0.1) is 11.3 Å². The van der Waals surface area contributed by atoms with Crippen LogP contribution in [0, 0.1) is 0 Å². The number of benzene rings is 2. The molecule has 2 amide bonds. The van der Waals surface area contributed by atoms with Crippen LogP contribution >= 0.6 is 23.1 Å². The molecule has 4 rings (SSSR count). The molecule has 0 atom stereocenters. The normalized spacial score (nSPS) is 14.4. The van der Waals surface area contributed by atoms with Crippen molar-refractivity contribution in [1.82, 2.24) is 10.3 Å². The van der Waals surface area contributed by atoms with E-state index in [4.69, 9.17) is 0 Å². The highest BCUT2D eigenvalue weighted by Crippen LogP contribution is 2.32. The molecular formula is C25H29N3O2S2. The highest BCUT2D eigenvalue weighted by molar-refractivity contribution is 8.01. The van der Waals surface area contributed by atoms with Gasteiger partial charge in [-0.1, -0.05) is 56.5 Å². The van der Waals surface area contributed by atoms with Gasteiger partial charge in [-0.2, -0.15) is 0 Å². The summed E-state index contributed by atoms with van der Waals surface area (Å²) in [6.07, 6.45) is 7.89. The first kappa shape index (κ1) is 22.8. The van der Waals surface area contributed by atoms with Crippen LogP contribution in [-0.2, 0) is 0 Å². The molecule has 2 N–H and O–H groups in total. The Balaban J connectivity index is 1.46. The number of hydrogen-bond acceptors (Lipinski definition) is 5. The summed E-state index contributed by atoms with van der Waals surface area (Å²) in [6, 6.07) is 13.0. The standard InChI is InChI=1S/C25H29N3O2S2/c1-2-3-15-31-25-28-21-14-13-18(16-22(21)32-25)27-24(30)20-12-8-7-11-19(20)23(29)26-17-9-5-4-6-10-17/h7-8,11-14,16-17H,2-6,9-10,15H2,1H3,(H,26,29)(H,27,30). The van der Waals surface area contributed by atoms with E-state index in [1.165, 1.54) is 19.3 Å². The molecule has 1 fully saturated rings. The first-order valence-corrected chi connectivity index (χ1v) is 13.2. The summed E-state index contributed by atoms with van der Waals surface area (Å²) in [7, 11) is 0. The molecule has 7 heteroatoms. The largest absolute Gasteiger partial charge is 0.349 e. The number of unbranched alkanes of at least 4 members (excludes halogenated alkanes) is 1. The van der Waals surface area contributed by atoms with Crippen molar-refractivity contribution < 1.29 is 9.59 Å². The topological polar surface area (TPSA) is 71.1 Å². The maximum atomic E-state index is 13.0. The van der Waals surface area contributed by atoms with Crippen molar-refractivity contribution in [3.05, 3.63) is 53.6 Å². The van der Waals surface area contributed by atoms with Gasteiger partial charge in [0.1, 0.15) is 0 Å². The lowest BCUT2D eigenvalue weighted by molar-refractivity contribution is 0.0917. The Kier molecular flexibility index (Phi) is 7.81. The van der Waals surface area contributed by atoms with Crippen molar-refractivity contribution >= 4 is 50.8 Å². The number of thioether (sulfide) groups is 1. The van der Waals surface area contributed by atoms with E-state index < -0.39 is 0 Å². The summed E-state index contributed by atoms with van der Waals surface area (Å²) in [5, 5.41) is 6.08. The first-order valence-electron chi connectivity index (χ1n) is 11.4. The molecule has 1 saturated carbocycles. The number of fused-ring (bicyclic) bond motifs is 1. The van der Waals surface area contributed by atoms with Gasteiger partial charge < -0.3 is 10.6 Å². The molecule has 0 saturated heterocycles. The van der Waals surface area contributed by atoms with E-state index in [1.807, 2.05) is 18.2 Å². The van der Waals surface area contributed by atoms with Crippen LogP contribution in [0.5, 0.6) is 0 Å². The quantitative estimate of drug-likeness (QED) is 0.293. The Morgan fingerprint density at radius 2 is 1.81 bits per heavy atom. The van der Waals surface area contributed by atoms with Gasteiger partial charge in [-0.05, 0) is 49.6 Å². The minimum absolute atomic E-state index is 0.172. The van der Waals surface area contributed by atoms with Crippen molar-refractivity contribution in [3.8, 4) is 0 Å². The highest BCUT2D eigenvalue weighted by atomic mass is 32.2. The van der Waals surface area contributed by atoms with E-state index in [1.54, 1.807) is 47.4 Å². The van der Waals surface area contributed by atoms with Crippen molar-refractivity contribution in [1.29, 1.82) is 0 Å². The number of nitrogens with zero attached hydrogens (tertiary/aromatic N) is 1. The summed E-state index contributed by atoms with van der Waals surface area (Å²) in [6.45, 7) is 2.19. The van der Waals surface area contributed by atoms with Crippen LogP contribution in [-0.4, -0.2) is 28.6 Å². The lowest BCUT2D eigenvalue weighted by Gasteiger charge is -2.23. The van der Waals surface area contributed by atoms with E-state index in [9.17, 15) is 9.59 Å². The van der Waals surface area contributed by atoms with Crippen LogP contribution in [0.25, 0.3) is 10.2 Å². The number of rotatable bonds is 8. The fourth-order valence-electron chi connectivity index (χ4n) is 3.93. The fraction of sp³-hybridized carbons (Fsp3) is 0.400. The van der Waals surface area contributed by atoms with E-state index in [0.29, 0.717) is 16.8 Å². The second-order valence-corrected chi connectivity index (χ2v) is 10.5. The Morgan fingerprint density at radius 3 is 2.56 bits per heavy atom. The number of carbonyl (C=O) groups is 2. The molecule has 1 aliphatic rings. The smallest absolute Gasteiger partial charge is 0.256 e. The minimum Gasteiger partial charge on any atom is -0.349 e. The van der Waals surface area contributed by atoms with Crippen molar-refractivity contribution in [2.75, 3.05) is 11.1 Å². The minimum atomic E-state index is -0.277. The third kappa shape index (κ3) is 5.70. The zero-order chi connectivity index (χ0) is 22.3. The second kappa shape index (κ2) is 11.0. The average molecular weight is 468 g/mol. The van der Waals surface area contributed by atoms with Crippen molar-refractivity contribution in [2.45, 2.75) is 62.3 Å². The van der Waals surface area contributed by atoms with Gasteiger partial charge in [0, 0.05) is 17.5 Å². The predicted molar refractivity (Wildman–Crippen MR) is 134 cm³/mol. The summed E-state index contributed by atoms with van der Waals surface area (Å²) >= 11 is 3.43. The molecule has 168 valence electrons. The van der Waals surface area contributed by atoms with Gasteiger partial charge in [0.15, 0.2) is 4.34 Å². The van der Waals surface area contributed by atoms with E-state index in [-0.39, 0.29) is 17.9 Å². The number of amides is 2. The number of aromatic nitrogens is 1. The molecule has 0 aliphatic heterocycles. The van der Waals surface area contributed by atoms with Gasteiger partial charge in [-0.25, -0.2) is 4.98 Å². The Bertz CT molecular complexity index is 1090. The lowest BCUT2D eigenvalue weighted by atomic mass is 9.95. The number of thiazole rings is 1. The van der Waals surface area contributed by atoms with Gasteiger partial charge >= 0.3 is 0 Å². The second-order valence-electron chi connectivity index (χ2n) is 8.17. The van der Waals surface area contributed by atoms with Crippen LogP contribution in [0.3, 0.4) is 0 Å². The predicted octanol–water partition coefficient (Wildman–Crippen LogP) is 6.50. The van der Waals surface area contributed by atoms with E-state index in [2.05, 4.69) is 22.5 Å². The number of nitrogens with one attached hydrogen (secondary N) is 2. The van der Waals surface area contributed by atoms with Gasteiger partial charge in [0.25, 0.3) is 11.8 Å². The van der Waals surface area contributed by atoms with Gasteiger partial charge in [0.2, 0.25) is 0 Å². The van der Waals surface area contributed by atoms with Gasteiger partial charge in [-0.3, -0.25) is 9.59 Å². The Labute approximate surface area is 197 Å². The van der Waals surface area contributed by atoms with Crippen molar-refractivity contribution in [3.63, 3.8) is 0 Å². The third-order valence-corrected chi connectivity index (χ3v) is 7.95. The molecule has 0 unspecified atom stereocenters. The lowest BCUT2D eigenvalue weighted by Crippen LogP contribution is -2.37. The molecule has 0 bridgehead atoms. The Hall–Kier alpha value is -2.38. The maximum Gasteiger partial charge on any atom is 0.256 e. The van der Waals surface area contributed by atoms with Crippen LogP contribution in [0.1, 0.15) is 72.6 Å². The molecule has 1 heterocycles. The van der Waals surface area contributed by atoms with Crippen molar-refractivity contribution in [2.24, 2.45) is 0 Å². The SMILES string of the molecule is CCCCSc1nc2ccc(NC(=O)c3ccccc3C(=O)NC3CCCCC3)cc2s1. The molecule has 3 aromatic rings.